The Morgan fingerprint density at radius 3 is 2.82 bits per heavy atom. The van der Waals surface area contributed by atoms with Gasteiger partial charge in [0, 0.05) is 25.3 Å². The minimum atomic E-state index is -0.0150. The third-order valence-corrected chi connectivity index (χ3v) is 1.36. The molecule has 0 aliphatic carbocycles. The van der Waals surface area contributed by atoms with E-state index in [0.29, 0.717) is 0 Å². The highest BCUT2D eigenvalue weighted by atomic mass is 16.2. The molecule has 3 heteroatoms. The Bertz CT molecular complexity index is 214. The average Bonchev–Trinajstić information content (AvgIpc) is 2.35. The van der Waals surface area contributed by atoms with Gasteiger partial charge in [-0.15, -0.1) is 0 Å². The molecule has 1 aliphatic rings. The molecule has 0 aromatic rings. The lowest BCUT2D eigenvalue weighted by Gasteiger charge is -2.07. The quantitative estimate of drug-likeness (QED) is 0.519. The zero-order valence-corrected chi connectivity index (χ0v) is 6.87. The van der Waals surface area contributed by atoms with Crippen molar-refractivity contribution >= 4 is 12.1 Å². The van der Waals surface area contributed by atoms with Crippen LogP contribution in [0.2, 0.25) is 0 Å². The normalized spacial score (nSPS) is 15.3. The third kappa shape index (κ3) is 2.18. The average molecular weight is 152 g/mol. The Morgan fingerprint density at radius 2 is 2.36 bits per heavy atom. The second-order valence-electron chi connectivity index (χ2n) is 2.77. The molecule has 0 aromatic heterocycles. The van der Waals surface area contributed by atoms with Gasteiger partial charge in [-0.25, -0.2) is 5.01 Å². The minimum Gasteiger partial charge on any atom is -0.268 e. The van der Waals surface area contributed by atoms with Crippen LogP contribution in [0.15, 0.2) is 16.8 Å². The summed E-state index contributed by atoms with van der Waals surface area (Å²) in [6, 6.07) is 0. The molecule has 1 heterocycles. The molecule has 60 valence electrons. The van der Waals surface area contributed by atoms with Crippen molar-refractivity contribution in [1.82, 2.24) is 5.01 Å². The Balaban J connectivity index is 2.54. The van der Waals surface area contributed by atoms with E-state index >= 15 is 0 Å². The molecule has 0 aromatic carbocycles. The molecule has 0 unspecified atom stereocenters. The number of nitrogens with zero attached hydrogens (tertiary/aromatic N) is 2. The van der Waals surface area contributed by atoms with Crippen LogP contribution in [0.1, 0.15) is 20.3 Å². The number of hydrogen-bond donors (Lipinski definition) is 0. The van der Waals surface area contributed by atoms with Gasteiger partial charge in [0.25, 0.3) is 5.91 Å². The molecule has 3 nitrogen and oxygen atoms in total. The van der Waals surface area contributed by atoms with Crippen molar-refractivity contribution in [3.8, 4) is 0 Å². The molecular weight excluding hydrogens is 140 g/mol. The van der Waals surface area contributed by atoms with Gasteiger partial charge in [-0.3, -0.25) is 4.79 Å². The number of hydrogen-bond acceptors (Lipinski definition) is 2. The van der Waals surface area contributed by atoms with Gasteiger partial charge in [0.1, 0.15) is 0 Å². The summed E-state index contributed by atoms with van der Waals surface area (Å²) in [6.07, 6.45) is 4.24. The van der Waals surface area contributed by atoms with Crippen molar-refractivity contribution in [1.29, 1.82) is 0 Å². The number of amides is 1. The number of carbonyl (C=O) groups excluding carboxylic acids is 1. The number of allylic oxidation sites excluding steroid dienone is 1. The fourth-order valence-electron chi connectivity index (χ4n) is 0.883. The topological polar surface area (TPSA) is 32.7 Å². The number of carbonyl (C=O) groups is 1. The van der Waals surface area contributed by atoms with E-state index in [1.54, 1.807) is 12.3 Å². The Hall–Kier alpha value is -1.12. The molecule has 0 bridgehead atoms. The number of rotatable bonds is 1. The summed E-state index contributed by atoms with van der Waals surface area (Å²) in [5.74, 6) is -0.0150. The summed E-state index contributed by atoms with van der Waals surface area (Å²) >= 11 is 0. The summed E-state index contributed by atoms with van der Waals surface area (Å²) in [4.78, 5) is 11.2. The summed E-state index contributed by atoms with van der Waals surface area (Å²) in [7, 11) is 0. The van der Waals surface area contributed by atoms with E-state index in [1.807, 2.05) is 13.8 Å². The maximum Gasteiger partial charge on any atom is 0.266 e. The maximum absolute atomic E-state index is 11.2. The van der Waals surface area contributed by atoms with Crippen LogP contribution in [-0.4, -0.2) is 23.7 Å². The van der Waals surface area contributed by atoms with Crippen molar-refractivity contribution in [2.45, 2.75) is 20.3 Å². The second-order valence-corrected chi connectivity index (χ2v) is 2.77. The van der Waals surface area contributed by atoms with Gasteiger partial charge in [-0.05, 0) is 13.8 Å². The predicted octanol–water partition coefficient (Wildman–Crippen LogP) is 1.17. The highest BCUT2D eigenvalue weighted by molar-refractivity contribution is 5.89. The van der Waals surface area contributed by atoms with E-state index < -0.39 is 0 Å². The highest BCUT2D eigenvalue weighted by Crippen LogP contribution is 2.02. The molecule has 1 aliphatic heterocycles. The molecular formula is C8H12N2O. The summed E-state index contributed by atoms with van der Waals surface area (Å²) in [5, 5.41) is 5.38. The van der Waals surface area contributed by atoms with Crippen molar-refractivity contribution in [2.24, 2.45) is 5.10 Å². The molecule has 1 amide bonds. The lowest BCUT2D eigenvalue weighted by Crippen LogP contribution is -2.21. The van der Waals surface area contributed by atoms with Gasteiger partial charge in [0.2, 0.25) is 0 Å². The third-order valence-electron chi connectivity index (χ3n) is 1.36. The first kappa shape index (κ1) is 7.98. The lowest BCUT2D eigenvalue weighted by atomic mass is 10.3. The largest absolute Gasteiger partial charge is 0.268 e. The second kappa shape index (κ2) is 3.32. The Kier molecular flexibility index (Phi) is 2.41. The van der Waals surface area contributed by atoms with Crippen molar-refractivity contribution < 1.29 is 4.79 Å². The van der Waals surface area contributed by atoms with Crippen LogP contribution in [0.5, 0.6) is 0 Å². The Morgan fingerprint density at radius 1 is 1.64 bits per heavy atom. The highest BCUT2D eigenvalue weighted by Gasteiger charge is 2.11. The van der Waals surface area contributed by atoms with Gasteiger partial charge < -0.3 is 0 Å². The molecule has 0 spiro atoms. The van der Waals surface area contributed by atoms with Gasteiger partial charge in [0.05, 0.1) is 0 Å². The number of hydrazone groups is 1. The van der Waals surface area contributed by atoms with Gasteiger partial charge in [-0.2, -0.15) is 5.10 Å². The zero-order valence-electron chi connectivity index (χ0n) is 6.87. The van der Waals surface area contributed by atoms with Crippen LogP contribution in [0.3, 0.4) is 0 Å². The van der Waals surface area contributed by atoms with E-state index in [1.165, 1.54) is 5.01 Å². The first-order valence-corrected chi connectivity index (χ1v) is 3.69. The van der Waals surface area contributed by atoms with Crippen LogP contribution >= 0.6 is 0 Å². The SMILES string of the molecule is CC(C)=CC(=O)N1CCC=N1. The molecule has 1 rings (SSSR count). The van der Waals surface area contributed by atoms with Crippen LogP contribution in [0.25, 0.3) is 0 Å². The summed E-state index contributed by atoms with van der Waals surface area (Å²) in [6.45, 7) is 4.53. The molecule has 0 saturated heterocycles. The maximum atomic E-state index is 11.2. The fraction of sp³-hybridized carbons (Fsp3) is 0.500. The van der Waals surface area contributed by atoms with Gasteiger partial charge in [-0.1, -0.05) is 5.57 Å². The van der Waals surface area contributed by atoms with E-state index in [4.69, 9.17) is 0 Å². The van der Waals surface area contributed by atoms with E-state index in [2.05, 4.69) is 5.10 Å². The van der Waals surface area contributed by atoms with E-state index in [9.17, 15) is 4.79 Å². The molecule has 11 heavy (non-hydrogen) atoms. The first-order valence-electron chi connectivity index (χ1n) is 3.69. The molecule has 0 saturated carbocycles. The fourth-order valence-corrected chi connectivity index (χ4v) is 0.883. The minimum absolute atomic E-state index is 0.0150. The summed E-state index contributed by atoms with van der Waals surface area (Å²) < 4.78 is 0. The molecule has 0 radical (unpaired) electrons. The van der Waals surface area contributed by atoms with E-state index in [-0.39, 0.29) is 5.91 Å². The summed E-state index contributed by atoms with van der Waals surface area (Å²) in [5.41, 5.74) is 1.01. The molecule has 0 fully saturated rings. The molecule has 0 N–H and O–H groups in total. The van der Waals surface area contributed by atoms with Crippen molar-refractivity contribution in [2.75, 3.05) is 6.54 Å². The first-order chi connectivity index (χ1) is 5.20. The van der Waals surface area contributed by atoms with Crippen molar-refractivity contribution in [3.63, 3.8) is 0 Å². The lowest BCUT2D eigenvalue weighted by molar-refractivity contribution is -0.125. The smallest absolute Gasteiger partial charge is 0.266 e. The van der Waals surface area contributed by atoms with Crippen LogP contribution in [0, 0.1) is 0 Å². The standard InChI is InChI=1S/C8H12N2O/c1-7(2)6-8(11)10-5-3-4-9-10/h4,6H,3,5H2,1-2H3. The Labute approximate surface area is 66.4 Å². The van der Waals surface area contributed by atoms with Crippen LogP contribution in [0.4, 0.5) is 0 Å². The molecule has 0 atom stereocenters. The van der Waals surface area contributed by atoms with Crippen molar-refractivity contribution in [3.05, 3.63) is 11.6 Å². The van der Waals surface area contributed by atoms with Crippen LogP contribution in [-0.2, 0) is 4.79 Å². The predicted molar refractivity (Wildman–Crippen MR) is 44.3 cm³/mol. The van der Waals surface area contributed by atoms with Gasteiger partial charge in [0.15, 0.2) is 0 Å². The van der Waals surface area contributed by atoms with E-state index in [0.717, 1.165) is 18.5 Å². The van der Waals surface area contributed by atoms with Crippen LogP contribution < -0.4 is 0 Å². The monoisotopic (exact) mass is 152 g/mol. The zero-order chi connectivity index (χ0) is 8.27. The van der Waals surface area contributed by atoms with Gasteiger partial charge >= 0.3 is 0 Å².